The molecule has 0 N–H and O–H groups in total. The molecule has 4 heteroatoms. The van der Waals surface area contributed by atoms with Gasteiger partial charge in [0.15, 0.2) is 0 Å². The summed E-state index contributed by atoms with van der Waals surface area (Å²) < 4.78 is 2.02. The molecule has 0 aromatic heterocycles. The zero-order valence-corrected chi connectivity index (χ0v) is 21.8. The summed E-state index contributed by atoms with van der Waals surface area (Å²) in [6.45, 7) is 10.9. The van der Waals surface area contributed by atoms with E-state index in [0.717, 1.165) is 53.3 Å². The van der Waals surface area contributed by atoms with Gasteiger partial charge in [-0.2, -0.15) is 5.26 Å². The predicted molar refractivity (Wildman–Crippen MR) is 134 cm³/mol. The van der Waals surface area contributed by atoms with Gasteiger partial charge in [0.25, 0.3) is 0 Å². The van der Waals surface area contributed by atoms with Crippen molar-refractivity contribution in [2.24, 2.45) is 5.92 Å². The van der Waals surface area contributed by atoms with Gasteiger partial charge in [0, 0.05) is 21.5 Å². The number of hydrogen-bond donors (Lipinski definition) is 0. The van der Waals surface area contributed by atoms with E-state index in [1.807, 2.05) is 6.07 Å². The maximum atomic E-state index is 10.3. The highest BCUT2D eigenvalue weighted by atomic mass is 79.9. The lowest BCUT2D eigenvalue weighted by atomic mass is 9.69. The molecule has 2 nitrogen and oxygen atoms in total. The number of nitriles is 1. The van der Waals surface area contributed by atoms with E-state index in [4.69, 9.17) is 0 Å². The molecule has 2 rings (SSSR count). The summed E-state index contributed by atoms with van der Waals surface area (Å²) in [6, 6.07) is 20.2. The third kappa shape index (κ3) is 6.19. The summed E-state index contributed by atoms with van der Waals surface area (Å²) in [5, 5.41) is 10.3. The second-order valence-electron chi connectivity index (χ2n) is 8.42. The quantitative estimate of drug-likeness (QED) is 0.291. The van der Waals surface area contributed by atoms with Gasteiger partial charge < -0.3 is 0 Å². The number of rotatable bonds is 11. The summed E-state index contributed by atoms with van der Waals surface area (Å²) in [7, 11) is 0. The second-order valence-corrected chi connectivity index (χ2v) is 10.1. The van der Waals surface area contributed by atoms with E-state index >= 15 is 0 Å². The first-order chi connectivity index (χ1) is 14.4. The Labute approximate surface area is 199 Å². The van der Waals surface area contributed by atoms with Gasteiger partial charge in [-0.1, -0.05) is 64.1 Å². The molecule has 0 saturated carbocycles. The van der Waals surface area contributed by atoms with Crippen molar-refractivity contribution < 1.29 is 0 Å². The van der Waals surface area contributed by atoms with Gasteiger partial charge in [-0.25, -0.2) is 0 Å². The van der Waals surface area contributed by atoms with E-state index in [1.165, 1.54) is 5.56 Å². The van der Waals surface area contributed by atoms with Gasteiger partial charge in [0.05, 0.1) is 11.5 Å². The van der Waals surface area contributed by atoms with Crippen LogP contribution in [0.25, 0.3) is 0 Å². The zero-order valence-electron chi connectivity index (χ0n) is 18.7. The van der Waals surface area contributed by atoms with Crippen LogP contribution < -0.4 is 0 Å². The first kappa shape index (κ1) is 25.1. The van der Waals surface area contributed by atoms with Crippen LogP contribution in [0, 0.1) is 17.2 Å². The summed E-state index contributed by atoms with van der Waals surface area (Å²) >= 11 is 7.19. The molecular weight excluding hydrogens is 500 g/mol. The van der Waals surface area contributed by atoms with E-state index in [-0.39, 0.29) is 5.92 Å². The van der Waals surface area contributed by atoms with E-state index in [9.17, 15) is 5.26 Å². The molecule has 2 unspecified atom stereocenters. The molecule has 162 valence electrons. The maximum absolute atomic E-state index is 10.3. The van der Waals surface area contributed by atoms with Gasteiger partial charge in [0.1, 0.15) is 0 Å². The molecule has 2 aromatic rings. The number of benzene rings is 2. The molecule has 0 saturated heterocycles. The largest absolute Gasteiger partial charge is 0.296 e. The highest BCUT2D eigenvalue weighted by molar-refractivity contribution is 9.13. The average molecular weight is 534 g/mol. The lowest BCUT2D eigenvalue weighted by molar-refractivity contribution is 0.160. The lowest BCUT2D eigenvalue weighted by Crippen LogP contribution is -2.38. The third-order valence-corrected chi connectivity index (χ3v) is 8.10. The van der Waals surface area contributed by atoms with Crippen LogP contribution in [0.1, 0.15) is 64.5 Å². The minimum absolute atomic E-state index is 0.238. The Morgan fingerprint density at radius 1 is 1.03 bits per heavy atom. The van der Waals surface area contributed by atoms with Crippen LogP contribution in [0.15, 0.2) is 57.5 Å². The summed E-state index contributed by atoms with van der Waals surface area (Å²) in [5.74, 6) is 0.238. The second kappa shape index (κ2) is 12.0. The standard InChI is InChI=1S/C26H34Br2N2/c1-5-16-30(18-21-10-8-7-9-11-21)23(6-2)14-15-26(19-29,20(3)4)22-12-13-24(27)25(28)17-22/h7-13,17,20,23H,5-6,14-16,18H2,1-4H3. The molecule has 2 aromatic carbocycles. The Morgan fingerprint density at radius 2 is 1.73 bits per heavy atom. The Balaban J connectivity index is 2.26. The Kier molecular flexibility index (Phi) is 10.1. The van der Waals surface area contributed by atoms with Crippen molar-refractivity contribution in [2.45, 2.75) is 71.4 Å². The first-order valence-electron chi connectivity index (χ1n) is 11.0. The zero-order chi connectivity index (χ0) is 22.1. The molecule has 0 heterocycles. The molecule has 30 heavy (non-hydrogen) atoms. The Hall–Kier alpha value is -1.15. The molecule has 0 fully saturated rings. The van der Waals surface area contributed by atoms with Crippen molar-refractivity contribution in [1.82, 2.24) is 4.90 Å². The molecule has 0 spiro atoms. The molecule has 0 bridgehead atoms. The van der Waals surface area contributed by atoms with Crippen LogP contribution in [0.4, 0.5) is 0 Å². The first-order valence-corrected chi connectivity index (χ1v) is 12.6. The number of hydrogen-bond acceptors (Lipinski definition) is 2. The normalized spacial score (nSPS) is 14.5. The van der Waals surface area contributed by atoms with E-state index in [2.05, 4.69) is 113 Å². The molecule has 2 atom stereocenters. The summed E-state index contributed by atoms with van der Waals surface area (Å²) in [5.41, 5.74) is 1.98. The molecule has 0 aliphatic heterocycles. The monoisotopic (exact) mass is 532 g/mol. The van der Waals surface area contributed by atoms with Crippen LogP contribution in [-0.2, 0) is 12.0 Å². The van der Waals surface area contributed by atoms with Crippen LogP contribution in [-0.4, -0.2) is 17.5 Å². The van der Waals surface area contributed by atoms with Crippen molar-refractivity contribution in [3.8, 4) is 6.07 Å². The third-order valence-electron chi connectivity index (χ3n) is 6.22. The van der Waals surface area contributed by atoms with Gasteiger partial charge in [0.2, 0.25) is 0 Å². The Bertz CT molecular complexity index is 829. The molecule has 0 aliphatic carbocycles. The fraction of sp³-hybridized carbons (Fsp3) is 0.500. The van der Waals surface area contributed by atoms with E-state index in [1.54, 1.807) is 0 Å². The number of halogens is 2. The van der Waals surface area contributed by atoms with Gasteiger partial charge in [-0.05, 0) is 93.3 Å². The van der Waals surface area contributed by atoms with Crippen molar-refractivity contribution in [1.29, 1.82) is 5.26 Å². The predicted octanol–water partition coefficient (Wildman–Crippen LogP) is 8.10. The van der Waals surface area contributed by atoms with E-state index in [0.29, 0.717) is 6.04 Å². The smallest absolute Gasteiger partial charge is 0.0846 e. The Morgan fingerprint density at radius 3 is 2.27 bits per heavy atom. The van der Waals surface area contributed by atoms with Gasteiger partial charge in [-0.3, -0.25) is 4.90 Å². The van der Waals surface area contributed by atoms with Crippen LogP contribution in [0.3, 0.4) is 0 Å². The minimum Gasteiger partial charge on any atom is -0.296 e. The maximum Gasteiger partial charge on any atom is 0.0846 e. The highest BCUT2D eigenvalue weighted by Gasteiger charge is 2.37. The SMILES string of the molecule is CCCN(Cc1ccccc1)C(CC)CCC(C#N)(c1ccc(Br)c(Br)c1)C(C)C. The molecular formula is C26H34Br2N2. The van der Waals surface area contributed by atoms with Crippen LogP contribution in [0.2, 0.25) is 0 Å². The van der Waals surface area contributed by atoms with Crippen LogP contribution in [0.5, 0.6) is 0 Å². The van der Waals surface area contributed by atoms with Gasteiger partial charge in [-0.15, -0.1) is 0 Å². The van der Waals surface area contributed by atoms with E-state index < -0.39 is 5.41 Å². The van der Waals surface area contributed by atoms with Gasteiger partial charge >= 0.3 is 0 Å². The molecule has 0 aliphatic rings. The molecule has 0 radical (unpaired) electrons. The number of nitrogens with zero attached hydrogens (tertiary/aromatic N) is 2. The van der Waals surface area contributed by atoms with Crippen molar-refractivity contribution in [3.63, 3.8) is 0 Å². The molecule has 0 amide bonds. The summed E-state index contributed by atoms with van der Waals surface area (Å²) in [4.78, 5) is 2.61. The highest BCUT2D eigenvalue weighted by Crippen LogP contribution is 2.40. The fourth-order valence-corrected chi connectivity index (χ4v) is 4.95. The van der Waals surface area contributed by atoms with Crippen molar-refractivity contribution in [2.75, 3.05) is 6.54 Å². The minimum atomic E-state index is -0.485. The topological polar surface area (TPSA) is 27.0 Å². The fourth-order valence-electron chi connectivity index (χ4n) is 4.32. The van der Waals surface area contributed by atoms with Crippen LogP contribution >= 0.6 is 31.9 Å². The van der Waals surface area contributed by atoms with Crippen molar-refractivity contribution in [3.05, 3.63) is 68.6 Å². The summed E-state index contributed by atoms with van der Waals surface area (Å²) in [6.07, 6.45) is 4.11. The van der Waals surface area contributed by atoms with Crippen molar-refractivity contribution >= 4 is 31.9 Å². The average Bonchev–Trinajstić information content (AvgIpc) is 2.74. The lowest BCUT2D eigenvalue weighted by Gasteiger charge is -2.36.